The van der Waals surface area contributed by atoms with Gasteiger partial charge in [-0.25, -0.2) is 0 Å². The third kappa shape index (κ3) is 8.30. The number of aliphatic imine (C=N–C) groups is 1. The van der Waals surface area contributed by atoms with E-state index >= 15 is 0 Å². The Hall–Kier alpha value is -0.930. The second-order valence-corrected chi connectivity index (χ2v) is 8.63. The minimum atomic E-state index is 0. The van der Waals surface area contributed by atoms with Crippen LogP contribution >= 0.6 is 24.0 Å². The van der Waals surface area contributed by atoms with Crippen LogP contribution in [0.15, 0.2) is 23.3 Å². The second kappa shape index (κ2) is 13.5. The Morgan fingerprint density at radius 2 is 1.93 bits per heavy atom. The van der Waals surface area contributed by atoms with E-state index in [9.17, 15) is 0 Å². The van der Waals surface area contributed by atoms with Crippen LogP contribution in [-0.4, -0.2) is 68.3 Å². The highest BCUT2D eigenvalue weighted by Crippen LogP contribution is 2.37. The fraction of sp³-hybridized carbons (Fsp3) is 0.739. The molecule has 1 saturated heterocycles. The molecule has 170 valence electrons. The number of halogens is 1. The number of guanidine groups is 1. The molecule has 1 saturated carbocycles. The van der Waals surface area contributed by atoms with Crippen LogP contribution in [0, 0.1) is 12.3 Å². The monoisotopic (exact) mass is 529 g/mol. The first-order valence-corrected chi connectivity index (χ1v) is 11.4. The molecule has 7 heteroatoms. The summed E-state index contributed by atoms with van der Waals surface area (Å²) in [5.74, 6) is 0.944. The second-order valence-electron chi connectivity index (χ2n) is 8.63. The van der Waals surface area contributed by atoms with Crippen molar-refractivity contribution in [2.45, 2.75) is 52.4 Å². The van der Waals surface area contributed by atoms with Crippen molar-refractivity contribution in [2.75, 3.05) is 52.5 Å². The van der Waals surface area contributed by atoms with Crippen LogP contribution in [0.1, 0.15) is 50.3 Å². The Morgan fingerprint density at radius 3 is 2.60 bits per heavy atom. The number of aromatic nitrogens is 1. The largest absolute Gasteiger partial charge is 0.379 e. The van der Waals surface area contributed by atoms with Crippen LogP contribution in [0.4, 0.5) is 0 Å². The third-order valence-corrected chi connectivity index (χ3v) is 6.17. The molecule has 1 aromatic heterocycles. The van der Waals surface area contributed by atoms with Crippen LogP contribution in [0.25, 0.3) is 0 Å². The molecular weight excluding hydrogens is 489 g/mol. The summed E-state index contributed by atoms with van der Waals surface area (Å²) >= 11 is 0. The van der Waals surface area contributed by atoms with Gasteiger partial charge >= 0.3 is 0 Å². The number of rotatable bonds is 8. The molecule has 3 rings (SSSR count). The van der Waals surface area contributed by atoms with Gasteiger partial charge in [-0.15, -0.1) is 24.0 Å². The van der Waals surface area contributed by atoms with E-state index < -0.39 is 0 Å². The zero-order chi connectivity index (χ0) is 20.4. The van der Waals surface area contributed by atoms with Gasteiger partial charge < -0.3 is 15.4 Å². The Kier molecular flexibility index (Phi) is 11.4. The van der Waals surface area contributed by atoms with E-state index in [0.29, 0.717) is 5.41 Å². The quantitative estimate of drug-likeness (QED) is 0.307. The predicted molar refractivity (Wildman–Crippen MR) is 135 cm³/mol. The normalized spacial score (nSPS) is 19.7. The van der Waals surface area contributed by atoms with Gasteiger partial charge in [0.05, 0.1) is 13.2 Å². The maximum Gasteiger partial charge on any atom is 0.191 e. The van der Waals surface area contributed by atoms with E-state index in [-0.39, 0.29) is 24.0 Å². The van der Waals surface area contributed by atoms with Gasteiger partial charge in [-0.3, -0.25) is 14.9 Å². The number of nitrogens with zero attached hydrogens (tertiary/aromatic N) is 3. The highest BCUT2D eigenvalue weighted by molar-refractivity contribution is 14.0. The fourth-order valence-electron chi connectivity index (χ4n) is 4.46. The number of nitrogens with one attached hydrogen (secondary N) is 2. The molecule has 1 aromatic rings. The lowest BCUT2D eigenvalue weighted by Crippen LogP contribution is -2.46. The first-order valence-electron chi connectivity index (χ1n) is 11.4. The van der Waals surface area contributed by atoms with Gasteiger partial charge in [0.15, 0.2) is 5.96 Å². The molecule has 30 heavy (non-hydrogen) atoms. The smallest absolute Gasteiger partial charge is 0.191 e. The van der Waals surface area contributed by atoms with Gasteiger partial charge in [0.1, 0.15) is 0 Å². The van der Waals surface area contributed by atoms with E-state index in [1.54, 1.807) is 0 Å². The molecule has 2 fully saturated rings. The molecule has 2 N–H and O–H groups in total. The van der Waals surface area contributed by atoms with Gasteiger partial charge in [0.25, 0.3) is 0 Å². The highest BCUT2D eigenvalue weighted by atomic mass is 127. The molecule has 2 aliphatic rings. The van der Waals surface area contributed by atoms with E-state index in [2.05, 4.69) is 39.6 Å². The molecule has 1 aliphatic heterocycles. The Labute approximate surface area is 199 Å². The summed E-state index contributed by atoms with van der Waals surface area (Å²) in [6.45, 7) is 11.8. The summed E-state index contributed by atoms with van der Waals surface area (Å²) in [7, 11) is 0. The van der Waals surface area contributed by atoms with Crippen molar-refractivity contribution in [3.63, 3.8) is 0 Å². The van der Waals surface area contributed by atoms with E-state index in [0.717, 1.165) is 70.6 Å². The van der Waals surface area contributed by atoms with Crippen LogP contribution in [-0.2, 0) is 11.2 Å². The minimum absolute atomic E-state index is 0. The lowest BCUT2D eigenvalue weighted by molar-refractivity contribution is 0.00937. The summed E-state index contributed by atoms with van der Waals surface area (Å²) in [6.07, 6.45) is 9.56. The Bertz CT molecular complexity index is 625. The van der Waals surface area contributed by atoms with Crippen molar-refractivity contribution in [1.82, 2.24) is 20.5 Å². The van der Waals surface area contributed by atoms with E-state index in [1.165, 1.54) is 37.7 Å². The van der Waals surface area contributed by atoms with Crippen molar-refractivity contribution in [3.05, 3.63) is 29.6 Å². The van der Waals surface area contributed by atoms with Gasteiger partial charge in [-0.2, -0.15) is 0 Å². The molecule has 1 aliphatic carbocycles. The number of aryl methyl sites for hydroxylation is 1. The zero-order valence-electron chi connectivity index (χ0n) is 18.8. The van der Waals surface area contributed by atoms with Crippen LogP contribution in [0.3, 0.4) is 0 Å². The molecule has 0 atom stereocenters. The fourth-order valence-corrected chi connectivity index (χ4v) is 4.46. The Morgan fingerprint density at radius 1 is 1.17 bits per heavy atom. The number of morpholine rings is 1. The standard InChI is InChI=1S/C23H39N5O.HI/c1-3-24-22(25-12-9-21-8-7-20(2)26-17-21)27-18-23(10-5-4-6-11-23)19-28-13-15-29-16-14-28;/h7-8,17H,3-6,9-16,18-19H2,1-2H3,(H2,24,25,27);1H. The first-order chi connectivity index (χ1) is 14.2. The molecule has 2 heterocycles. The molecular formula is C23H40IN5O. The van der Waals surface area contributed by atoms with Crippen molar-refractivity contribution in [2.24, 2.45) is 10.4 Å². The van der Waals surface area contributed by atoms with Crippen LogP contribution < -0.4 is 10.6 Å². The maximum absolute atomic E-state index is 5.55. The summed E-state index contributed by atoms with van der Waals surface area (Å²) in [6, 6.07) is 4.24. The zero-order valence-corrected chi connectivity index (χ0v) is 21.1. The van der Waals surface area contributed by atoms with Gasteiger partial charge in [-0.1, -0.05) is 25.3 Å². The lowest BCUT2D eigenvalue weighted by atomic mass is 9.73. The molecule has 0 unspecified atom stereocenters. The first kappa shape index (κ1) is 25.3. The number of pyridine rings is 1. The summed E-state index contributed by atoms with van der Waals surface area (Å²) in [4.78, 5) is 12.0. The van der Waals surface area contributed by atoms with Crippen molar-refractivity contribution in [1.29, 1.82) is 0 Å². The Balaban J connectivity index is 0.00000320. The highest BCUT2D eigenvalue weighted by Gasteiger charge is 2.34. The lowest BCUT2D eigenvalue weighted by Gasteiger charge is -2.41. The molecule has 0 radical (unpaired) electrons. The number of ether oxygens (including phenoxy) is 1. The average Bonchev–Trinajstić information content (AvgIpc) is 2.75. The predicted octanol–water partition coefficient (Wildman–Crippen LogP) is 3.39. The van der Waals surface area contributed by atoms with Crippen LogP contribution in [0.2, 0.25) is 0 Å². The van der Waals surface area contributed by atoms with Gasteiger partial charge in [-0.05, 0) is 44.7 Å². The minimum Gasteiger partial charge on any atom is -0.379 e. The van der Waals surface area contributed by atoms with E-state index in [4.69, 9.17) is 9.73 Å². The number of hydrogen-bond donors (Lipinski definition) is 2. The summed E-state index contributed by atoms with van der Waals surface area (Å²) in [5.41, 5.74) is 2.64. The van der Waals surface area contributed by atoms with Crippen molar-refractivity contribution < 1.29 is 4.74 Å². The van der Waals surface area contributed by atoms with Crippen molar-refractivity contribution >= 4 is 29.9 Å². The van der Waals surface area contributed by atoms with Crippen molar-refractivity contribution in [3.8, 4) is 0 Å². The van der Waals surface area contributed by atoms with Gasteiger partial charge in [0, 0.05) is 56.6 Å². The average molecular weight is 530 g/mol. The van der Waals surface area contributed by atoms with Gasteiger partial charge in [0.2, 0.25) is 0 Å². The number of hydrogen-bond acceptors (Lipinski definition) is 4. The van der Waals surface area contributed by atoms with E-state index in [1.807, 2.05) is 13.1 Å². The molecule has 0 bridgehead atoms. The molecule has 0 amide bonds. The topological polar surface area (TPSA) is 61.8 Å². The summed E-state index contributed by atoms with van der Waals surface area (Å²) < 4.78 is 5.55. The molecule has 0 spiro atoms. The van der Waals surface area contributed by atoms with Crippen LogP contribution in [0.5, 0.6) is 0 Å². The third-order valence-electron chi connectivity index (χ3n) is 6.17. The SMILES string of the molecule is CCNC(=NCC1(CN2CCOCC2)CCCCC1)NCCc1ccc(C)nc1.I. The molecule has 6 nitrogen and oxygen atoms in total. The maximum atomic E-state index is 5.55. The summed E-state index contributed by atoms with van der Waals surface area (Å²) in [5, 5.41) is 6.95. The molecule has 0 aromatic carbocycles.